The minimum absolute atomic E-state index is 0.178. The molecule has 134 valence electrons. The van der Waals surface area contributed by atoms with Crippen molar-refractivity contribution in [2.75, 3.05) is 6.54 Å². The number of hydrogen-bond acceptors (Lipinski definition) is 3. The Kier molecular flexibility index (Phi) is 5.13. The number of nitrogens with one attached hydrogen (secondary N) is 2. The van der Waals surface area contributed by atoms with Crippen LogP contribution in [0.1, 0.15) is 71.2 Å². The third-order valence-electron chi connectivity index (χ3n) is 5.31. The molecule has 0 radical (unpaired) electrons. The van der Waals surface area contributed by atoms with Crippen molar-refractivity contribution in [2.24, 2.45) is 17.3 Å². The van der Waals surface area contributed by atoms with Crippen molar-refractivity contribution in [3.8, 4) is 0 Å². The van der Waals surface area contributed by atoms with Gasteiger partial charge < -0.3 is 9.88 Å². The molecule has 0 bridgehead atoms. The molecule has 2 atom stereocenters. The Balaban J connectivity index is 1.45. The van der Waals surface area contributed by atoms with Crippen molar-refractivity contribution in [3.05, 3.63) is 10.6 Å². The largest absolute Gasteiger partial charge is 0.356 e. The minimum Gasteiger partial charge on any atom is -0.356 e. The maximum atomic E-state index is 12.3. The monoisotopic (exact) mass is 350 g/mol. The van der Waals surface area contributed by atoms with Crippen LogP contribution in [0.15, 0.2) is 0 Å². The molecule has 0 spiro atoms. The van der Waals surface area contributed by atoms with E-state index in [9.17, 15) is 4.79 Å². The van der Waals surface area contributed by atoms with Gasteiger partial charge in [-0.05, 0) is 61.6 Å². The molecule has 2 saturated carbocycles. The van der Waals surface area contributed by atoms with Gasteiger partial charge in [-0.2, -0.15) is 5.10 Å². The highest BCUT2D eigenvalue weighted by Crippen LogP contribution is 2.42. The first-order chi connectivity index (χ1) is 11.3. The molecule has 0 unspecified atom stereocenters. The van der Waals surface area contributed by atoms with Crippen LogP contribution in [0.25, 0.3) is 0 Å². The highest BCUT2D eigenvalue weighted by atomic mass is 32.1. The topological polar surface area (TPSA) is 62.7 Å². The lowest BCUT2D eigenvalue weighted by atomic mass is 9.67. The second kappa shape index (κ2) is 6.98. The summed E-state index contributed by atoms with van der Waals surface area (Å²) in [6, 6.07) is 0.521. The number of aromatic amines is 1. The van der Waals surface area contributed by atoms with Gasteiger partial charge in [0.25, 0.3) is 0 Å². The van der Waals surface area contributed by atoms with Crippen molar-refractivity contribution in [1.29, 1.82) is 0 Å². The zero-order valence-electron chi connectivity index (χ0n) is 15.1. The van der Waals surface area contributed by atoms with Gasteiger partial charge in [0.1, 0.15) is 5.82 Å². The standard InChI is InChI=1S/C18H30N4OS/c1-12-8-13(11-18(2,3)10-12)9-16(23)19-7-6-15-20-21-17(24)22(15)14-4-5-14/h12-14H,4-11H2,1-3H3,(H,19,23)(H,21,24)/t12-,13-/m0/s1. The third kappa shape index (κ3) is 4.47. The van der Waals surface area contributed by atoms with Crippen molar-refractivity contribution >= 4 is 18.1 Å². The number of nitrogens with zero attached hydrogens (tertiary/aromatic N) is 2. The summed E-state index contributed by atoms with van der Waals surface area (Å²) in [7, 11) is 0. The van der Waals surface area contributed by atoms with E-state index in [4.69, 9.17) is 12.2 Å². The summed E-state index contributed by atoms with van der Waals surface area (Å²) in [5.41, 5.74) is 0.368. The summed E-state index contributed by atoms with van der Waals surface area (Å²) in [6.07, 6.45) is 7.37. The fourth-order valence-corrected chi connectivity index (χ4v) is 4.87. The zero-order chi connectivity index (χ0) is 17.3. The number of carbonyl (C=O) groups is 1. The Morgan fingerprint density at radius 3 is 2.83 bits per heavy atom. The summed E-state index contributed by atoms with van der Waals surface area (Å²) < 4.78 is 2.82. The molecule has 2 fully saturated rings. The first-order valence-electron chi connectivity index (χ1n) is 9.26. The Morgan fingerprint density at radius 1 is 1.42 bits per heavy atom. The van der Waals surface area contributed by atoms with E-state index >= 15 is 0 Å². The lowest BCUT2D eigenvalue weighted by Gasteiger charge is -2.38. The Bertz CT molecular complexity index is 644. The molecule has 24 heavy (non-hydrogen) atoms. The molecule has 5 nitrogen and oxygen atoms in total. The molecule has 3 rings (SSSR count). The summed E-state index contributed by atoms with van der Waals surface area (Å²) in [4.78, 5) is 12.3. The van der Waals surface area contributed by atoms with Gasteiger partial charge in [0.2, 0.25) is 5.91 Å². The lowest BCUT2D eigenvalue weighted by molar-refractivity contribution is -0.122. The second-order valence-corrected chi connectivity index (χ2v) is 9.02. The van der Waals surface area contributed by atoms with Crippen LogP contribution in [-0.2, 0) is 11.2 Å². The molecular formula is C18H30N4OS. The van der Waals surface area contributed by atoms with Gasteiger partial charge in [-0.25, -0.2) is 0 Å². The molecule has 0 aromatic carbocycles. The van der Waals surface area contributed by atoms with Crippen LogP contribution in [0.3, 0.4) is 0 Å². The summed E-state index contributed by atoms with van der Waals surface area (Å²) in [5.74, 6) is 2.38. The van der Waals surface area contributed by atoms with Gasteiger partial charge in [0, 0.05) is 25.4 Å². The second-order valence-electron chi connectivity index (χ2n) is 8.63. The molecule has 6 heteroatoms. The maximum Gasteiger partial charge on any atom is 0.220 e. The van der Waals surface area contributed by atoms with E-state index in [-0.39, 0.29) is 5.91 Å². The smallest absolute Gasteiger partial charge is 0.220 e. The molecule has 2 aliphatic carbocycles. The van der Waals surface area contributed by atoms with Crippen LogP contribution in [-0.4, -0.2) is 27.2 Å². The van der Waals surface area contributed by atoms with Crippen molar-refractivity contribution in [3.63, 3.8) is 0 Å². The Morgan fingerprint density at radius 2 is 2.17 bits per heavy atom. The van der Waals surface area contributed by atoms with Crippen molar-refractivity contribution < 1.29 is 4.79 Å². The van der Waals surface area contributed by atoms with Crippen LogP contribution in [0, 0.1) is 22.0 Å². The highest BCUT2D eigenvalue weighted by molar-refractivity contribution is 7.71. The molecule has 2 N–H and O–H groups in total. The number of amides is 1. The zero-order valence-corrected chi connectivity index (χ0v) is 15.9. The Labute approximate surface area is 149 Å². The van der Waals surface area contributed by atoms with E-state index < -0.39 is 0 Å². The molecule has 1 aromatic rings. The third-order valence-corrected chi connectivity index (χ3v) is 5.60. The number of hydrogen-bond donors (Lipinski definition) is 2. The van der Waals surface area contributed by atoms with Gasteiger partial charge >= 0.3 is 0 Å². The van der Waals surface area contributed by atoms with Crippen molar-refractivity contribution in [2.45, 2.75) is 71.8 Å². The van der Waals surface area contributed by atoms with E-state index in [0.717, 1.165) is 24.6 Å². The molecular weight excluding hydrogens is 320 g/mol. The normalized spacial score (nSPS) is 26.3. The van der Waals surface area contributed by atoms with E-state index in [1.54, 1.807) is 0 Å². The minimum atomic E-state index is 0.178. The van der Waals surface area contributed by atoms with Gasteiger partial charge in [0.05, 0.1) is 0 Å². The predicted octanol–water partition coefficient (Wildman–Crippen LogP) is 3.79. The summed E-state index contributed by atoms with van der Waals surface area (Å²) in [6.45, 7) is 7.60. The molecule has 2 aliphatic rings. The van der Waals surface area contributed by atoms with Crippen LogP contribution in [0.5, 0.6) is 0 Å². The van der Waals surface area contributed by atoms with Crippen LogP contribution in [0.4, 0.5) is 0 Å². The fourth-order valence-electron chi connectivity index (χ4n) is 4.57. The van der Waals surface area contributed by atoms with Gasteiger partial charge in [-0.1, -0.05) is 20.8 Å². The number of aromatic nitrogens is 3. The highest BCUT2D eigenvalue weighted by Gasteiger charge is 2.33. The summed E-state index contributed by atoms with van der Waals surface area (Å²) >= 11 is 5.29. The summed E-state index contributed by atoms with van der Waals surface area (Å²) in [5, 5.41) is 10.3. The SMILES string of the molecule is C[C@H]1C[C@@H](CC(=O)NCCc2n[nH]c(=S)n2C2CC2)CC(C)(C)C1. The van der Waals surface area contributed by atoms with E-state index in [1.807, 2.05) is 0 Å². The molecule has 0 saturated heterocycles. The predicted molar refractivity (Wildman–Crippen MR) is 97.3 cm³/mol. The lowest BCUT2D eigenvalue weighted by Crippen LogP contribution is -2.33. The van der Waals surface area contributed by atoms with Gasteiger partial charge in [-0.3, -0.25) is 9.89 Å². The van der Waals surface area contributed by atoms with E-state index in [1.165, 1.54) is 25.7 Å². The Hall–Kier alpha value is -1.17. The van der Waals surface area contributed by atoms with Gasteiger partial charge in [-0.15, -0.1) is 0 Å². The number of rotatable bonds is 6. The molecule has 0 aliphatic heterocycles. The first kappa shape index (κ1) is 17.6. The van der Waals surface area contributed by atoms with E-state index in [2.05, 4.69) is 40.9 Å². The maximum absolute atomic E-state index is 12.3. The number of carbonyl (C=O) groups excluding carboxylic acids is 1. The first-order valence-corrected chi connectivity index (χ1v) is 9.67. The molecule has 1 aromatic heterocycles. The van der Waals surface area contributed by atoms with Crippen LogP contribution < -0.4 is 5.32 Å². The van der Waals surface area contributed by atoms with Gasteiger partial charge in [0.15, 0.2) is 4.77 Å². The quantitative estimate of drug-likeness (QED) is 0.767. The molecule has 1 amide bonds. The average Bonchev–Trinajstić information content (AvgIpc) is 3.21. The fraction of sp³-hybridized carbons (Fsp3) is 0.833. The van der Waals surface area contributed by atoms with Crippen LogP contribution in [0.2, 0.25) is 0 Å². The van der Waals surface area contributed by atoms with E-state index in [0.29, 0.717) is 35.1 Å². The molecule has 1 heterocycles. The van der Waals surface area contributed by atoms with Crippen molar-refractivity contribution in [1.82, 2.24) is 20.1 Å². The average molecular weight is 351 g/mol. The van der Waals surface area contributed by atoms with Crippen LogP contribution >= 0.6 is 12.2 Å². The number of H-pyrrole nitrogens is 1.